The molecular formula is C16H22Cl2O. The molecule has 0 fully saturated rings. The molecular weight excluding hydrogens is 279 g/mol. The minimum atomic E-state index is -0.125. The fraction of sp³-hybridized carbons (Fsp3) is 0.500. The van der Waals surface area contributed by atoms with Crippen LogP contribution >= 0.6 is 23.2 Å². The van der Waals surface area contributed by atoms with Gasteiger partial charge >= 0.3 is 0 Å². The molecule has 0 N–H and O–H groups in total. The summed E-state index contributed by atoms with van der Waals surface area (Å²) >= 11 is 11.8. The monoisotopic (exact) mass is 300 g/mol. The fourth-order valence-electron chi connectivity index (χ4n) is 2.35. The normalized spacial score (nSPS) is 13.5. The van der Waals surface area contributed by atoms with Gasteiger partial charge in [0.1, 0.15) is 11.5 Å². The van der Waals surface area contributed by atoms with Crippen LogP contribution in [0.2, 0.25) is 5.02 Å². The van der Waals surface area contributed by atoms with Gasteiger partial charge in [-0.3, -0.25) is 0 Å². The summed E-state index contributed by atoms with van der Waals surface area (Å²) in [5.74, 6) is 1.52. The Balaban J connectivity index is 2.87. The van der Waals surface area contributed by atoms with E-state index in [2.05, 4.69) is 34.6 Å². The average Bonchev–Trinajstić information content (AvgIpc) is 2.24. The fourth-order valence-corrected chi connectivity index (χ4v) is 2.82. The van der Waals surface area contributed by atoms with Crippen LogP contribution < -0.4 is 4.74 Å². The van der Waals surface area contributed by atoms with Crippen LogP contribution in [0.3, 0.4) is 0 Å². The Bertz CT molecular complexity index is 439. The molecule has 0 amide bonds. The first kappa shape index (κ1) is 16.4. The van der Waals surface area contributed by atoms with Crippen molar-refractivity contribution in [2.24, 2.45) is 10.8 Å². The van der Waals surface area contributed by atoms with Gasteiger partial charge in [0.2, 0.25) is 0 Å². The van der Waals surface area contributed by atoms with Gasteiger partial charge in [0.25, 0.3) is 0 Å². The summed E-state index contributed by atoms with van der Waals surface area (Å²) in [6.45, 7) is 10.9. The van der Waals surface area contributed by atoms with E-state index in [1.54, 1.807) is 12.1 Å². The molecule has 0 aromatic heterocycles. The molecule has 0 radical (unpaired) electrons. The summed E-state index contributed by atoms with van der Waals surface area (Å²) in [5.41, 5.74) is 1.61. The molecule has 0 unspecified atom stereocenters. The van der Waals surface area contributed by atoms with Gasteiger partial charge < -0.3 is 4.74 Å². The highest BCUT2D eigenvalue weighted by molar-refractivity contribution is 6.30. The van der Waals surface area contributed by atoms with E-state index in [1.165, 1.54) is 5.54 Å². The molecule has 106 valence electrons. The molecule has 0 aliphatic rings. The SMILES string of the molecule is CC(C)(C)CC(C)(C)C(=CCl)Oc1ccc(Cl)cc1. The largest absolute Gasteiger partial charge is 0.460 e. The zero-order valence-corrected chi connectivity index (χ0v) is 13.8. The van der Waals surface area contributed by atoms with Crippen molar-refractivity contribution in [3.8, 4) is 5.75 Å². The van der Waals surface area contributed by atoms with Crippen LogP contribution in [0.1, 0.15) is 41.0 Å². The van der Waals surface area contributed by atoms with Crippen molar-refractivity contribution in [1.82, 2.24) is 0 Å². The van der Waals surface area contributed by atoms with Crippen LogP contribution in [0.5, 0.6) is 5.75 Å². The minimum absolute atomic E-state index is 0.125. The topological polar surface area (TPSA) is 9.23 Å². The van der Waals surface area contributed by atoms with Crippen LogP contribution in [-0.4, -0.2) is 0 Å². The Labute approximate surface area is 126 Å². The summed E-state index contributed by atoms with van der Waals surface area (Å²) < 4.78 is 5.90. The third-order valence-corrected chi connectivity index (χ3v) is 3.23. The summed E-state index contributed by atoms with van der Waals surface area (Å²) in [7, 11) is 0. The maximum absolute atomic E-state index is 5.95. The molecule has 19 heavy (non-hydrogen) atoms. The minimum Gasteiger partial charge on any atom is -0.460 e. The molecule has 0 aliphatic heterocycles. The van der Waals surface area contributed by atoms with Crippen molar-refractivity contribution in [1.29, 1.82) is 0 Å². The zero-order valence-electron chi connectivity index (χ0n) is 12.3. The second-order valence-corrected chi connectivity index (χ2v) is 7.31. The Morgan fingerprint density at radius 2 is 1.63 bits per heavy atom. The lowest BCUT2D eigenvalue weighted by atomic mass is 9.75. The lowest BCUT2D eigenvalue weighted by Gasteiger charge is -2.33. The van der Waals surface area contributed by atoms with Crippen molar-refractivity contribution in [3.63, 3.8) is 0 Å². The summed E-state index contributed by atoms with van der Waals surface area (Å²) in [6.07, 6.45) is 0.978. The summed E-state index contributed by atoms with van der Waals surface area (Å²) in [4.78, 5) is 0. The van der Waals surface area contributed by atoms with Crippen LogP contribution in [-0.2, 0) is 0 Å². The van der Waals surface area contributed by atoms with Gasteiger partial charge in [-0.25, -0.2) is 0 Å². The van der Waals surface area contributed by atoms with Crippen LogP contribution in [0, 0.1) is 10.8 Å². The summed E-state index contributed by atoms with van der Waals surface area (Å²) in [5, 5.41) is 0.692. The molecule has 0 spiro atoms. The lowest BCUT2D eigenvalue weighted by molar-refractivity contribution is 0.189. The third-order valence-electron chi connectivity index (χ3n) is 2.78. The van der Waals surface area contributed by atoms with Crippen LogP contribution in [0.25, 0.3) is 0 Å². The third kappa shape index (κ3) is 5.46. The molecule has 0 bridgehead atoms. The number of halogens is 2. The molecule has 0 saturated carbocycles. The van der Waals surface area contributed by atoms with E-state index >= 15 is 0 Å². The van der Waals surface area contributed by atoms with E-state index in [0.29, 0.717) is 5.02 Å². The van der Waals surface area contributed by atoms with Crippen molar-refractivity contribution >= 4 is 23.2 Å². The van der Waals surface area contributed by atoms with Gasteiger partial charge in [-0.05, 0) is 36.1 Å². The average molecular weight is 301 g/mol. The highest BCUT2D eigenvalue weighted by atomic mass is 35.5. The first-order chi connectivity index (χ1) is 8.64. The molecule has 0 saturated heterocycles. The first-order valence-electron chi connectivity index (χ1n) is 6.38. The highest BCUT2D eigenvalue weighted by Crippen LogP contribution is 2.40. The van der Waals surface area contributed by atoms with Crippen LogP contribution in [0.4, 0.5) is 0 Å². The first-order valence-corrected chi connectivity index (χ1v) is 7.20. The zero-order chi connectivity index (χ0) is 14.7. The van der Waals surface area contributed by atoms with Crippen molar-refractivity contribution in [2.45, 2.75) is 41.0 Å². The van der Waals surface area contributed by atoms with E-state index < -0.39 is 0 Å². The second kappa shape index (κ2) is 6.19. The molecule has 1 nitrogen and oxygen atoms in total. The Morgan fingerprint density at radius 3 is 2.05 bits per heavy atom. The predicted molar refractivity (Wildman–Crippen MR) is 83.9 cm³/mol. The van der Waals surface area contributed by atoms with Gasteiger partial charge in [-0.2, -0.15) is 0 Å². The van der Waals surface area contributed by atoms with Crippen LogP contribution in [0.15, 0.2) is 35.6 Å². The van der Waals surface area contributed by atoms with E-state index in [9.17, 15) is 0 Å². The molecule has 0 atom stereocenters. The van der Waals surface area contributed by atoms with E-state index in [4.69, 9.17) is 27.9 Å². The number of rotatable bonds is 4. The maximum Gasteiger partial charge on any atom is 0.127 e. The van der Waals surface area contributed by atoms with Crippen molar-refractivity contribution in [3.05, 3.63) is 40.6 Å². The van der Waals surface area contributed by atoms with E-state index in [0.717, 1.165) is 17.9 Å². The number of hydrogen-bond acceptors (Lipinski definition) is 1. The Kier molecular flexibility index (Phi) is 5.34. The maximum atomic E-state index is 5.95. The second-order valence-electron chi connectivity index (χ2n) is 6.65. The molecule has 1 aromatic carbocycles. The van der Waals surface area contributed by atoms with Crippen molar-refractivity contribution < 1.29 is 4.74 Å². The van der Waals surface area contributed by atoms with Gasteiger partial charge in [0.15, 0.2) is 0 Å². The lowest BCUT2D eigenvalue weighted by Crippen LogP contribution is -2.25. The number of ether oxygens (including phenoxy) is 1. The molecule has 0 heterocycles. The summed E-state index contributed by atoms with van der Waals surface area (Å²) in [6, 6.07) is 7.30. The quantitative estimate of drug-likeness (QED) is 0.596. The van der Waals surface area contributed by atoms with E-state index in [-0.39, 0.29) is 10.8 Å². The number of benzene rings is 1. The van der Waals surface area contributed by atoms with Gasteiger partial charge in [0, 0.05) is 16.0 Å². The number of allylic oxidation sites excluding steroid dienone is 1. The molecule has 1 aromatic rings. The standard InChI is InChI=1S/C16H22Cl2O/c1-15(2,3)11-16(4,5)14(10-17)19-13-8-6-12(18)7-9-13/h6-10H,11H2,1-5H3. The van der Waals surface area contributed by atoms with Gasteiger partial charge in [0.05, 0.1) is 0 Å². The molecule has 3 heteroatoms. The number of hydrogen-bond donors (Lipinski definition) is 0. The predicted octanol–water partition coefficient (Wildman–Crippen LogP) is 6.26. The Hall–Kier alpha value is -0.660. The van der Waals surface area contributed by atoms with Crippen molar-refractivity contribution in [2.75, 3.05) is 0 Å². The molecule has 1 rings (SSSR count). The Morgan fingerprint density at radius 1 is 1.11 bits per heavy atom. The smallest absolute Gasteiger partial charge is 0.127 e. The van der Waals surface area contributed by atoms with Gasteiger partial charge in [-0.15, -0.1) is 0 Å². The van der Waals surface area contributed by atoms with Gasteiger partial charge in [-0.1, -0.05) is 57.8 Å². The van der Waals surface area contributed by atoms with E-state index in [1.807, 2.05) is 12.1 Å². The highest BCUT2D eigenvalue weighted by Gasteiger charge is 2.31. The molecule has 0 aliphatic carbocycles.